The first-order valence-electron chi connectivity index (χ1n) is 7.07. The molecule has 1 fully saturated rings. The molecule has 1 aromatic rings. The third-order valence-corrected chi connectivity index (χ3v) is 4.61. The van der Waals surface area contributed by atoms with Crippen molar-refractivity contribution >= 4 is 0 Å². The Labute approximate surface area is 111 Å². The van der Waals surface area contributed by atoms with Gasteiger partial charge in [0.1, 0.15) is 0 Å². The third-order valence-electron chi connectivity index (χ3n) is 4.61. The number of hydrogen-bond donors (Lipinski definition) is 1. The molecule has 0 aliphatic carbocycles. The Balaban J connectivity index is 1.97. The van der Waals surface area contributed by atoms with E-state index in [1.165, 1.54) is 49.9 Å². The van der Waals surface area contributed by atoms with E-state index < -0.39 is 0 Å². The van der Waals surface area contributed by atoms with Crippen molar-refractivity contribution < 1.29 is 0 Å². The molecule has 0 saturated carbocycles. The summed E-state index contributed by atoms with van der Waals surface area (Å²) in [6, 6.07) is 8.77. The molecule has 0 atom stereocenters. The van der Waals surface area contributed by atoms with E-state index in [1.54, 1.807) is 0 Å². The number of nitrogens with zero attached hydrogens (tertiary/aromatic N) is 1. The number of hydrogen-bond acceptors (Lipinski definition) is 2. The molecule has 1 heterocycles. The quantitative estimate of drug-likeness (QED) is 0.878. The highest BCUT2D eigenvalue weighted by Gasteiger charge is 2.31. The van der Waals surface area contributed by atoms with E-state index in [1.807, 2.05) is 0 Å². The molecule has 0 amide bonds. The van der Waals surface area contributed by atoms with Crippen molar-refractivity contribution in [2.75, 3.05) is 27.2 Å². The molecule has 0 radical (unpaired) electrons. The van der Waals surface area contributed by atoms with Crippen molar-refractivity contribution in [3.63, 3.8) is 0 Å². The Morgan fingerprint density at radius 2 is 1.89 bits per heavy atom. The molecule has 1 saturated heterocycles. The first-order valence-corrected chi connectivity index (χ1v) is 7.07. The van der Waals surface area contributed by atoms with Gasteiger partial charge in [0.25, 0.3) is 0 Å². The van der Waals surface area contributed by atoms with Crippen molar-refractivity contribution in [1.29, 1.82) is 0 Å². The first-order chi connectivity index (χ1) is 8.65. The zero-order chi connectivity index (χ0) is 13.0. The molecule has 18 heavy (non-hydrogen) atoms. The second kappa shape index (κ2) is 5.85. The van der Waals surface area contributed by atoms with Gasteiger partial charge < -0.3 is 10.2 Å². The van der Waals surface area contributed by atoms with Crippen LogP contribution in [0.1, 0.15) is 30.4 Å². The summed E-state index contributed by atoms with van der Waals surface area (Å²) in [5, 5.41) is 3.60. The molecule has 1 aliphatic rings. The molecule has 0 aromatic heterocycles. The lowest BCUT2D eigenvalue weighted by molar-refractivity contribution is 0.156. The number of nitrogens with one attached hydrogen (secondary N) is 1. The topological polar surface area (TPSA) is 15.3 Å². The summed E-state index contributed by atoms with van der Waals surface area (Å²) in [4.78, 5) is 2.43. The fourth-order valence-electron chi connectivity index (χ4n) is 2.94. The van der Waals surface area contributed by atoms with E-state index in [0.717, 1.165) is 0 Å². The van der Waals surface area contributed by atoms with Crippen LogP contribution in [0.5, 0.6) is 0 Å². The predicted molar refractivity (Wildman–Crippen MR) is 78.0 cm³/mol. The molecule has 2 nitrogen and oxygen atoms in total. The number of benzene rings is 1. The Hall–Kier alpha value is -0.860. The van der Waals surface area contributed by atoms with E-state index in [9.17, 15) is 0 Å². The zero-order valence-corrected chi connectivity index (χ0v) is 12.0. The number of piperidine rings is 1. The van der Waals surface area contributed by atoms with Crippen LogP contribution in [-0.4, -0.2) is 37.6 Å². The average Bonchev–Trinajstić information content (AvgIpc) is 2.40. The Morgan fingerprint density at radius 1 is 1.22 bits per heavy atom. The summed E-state index contributed by atoms with van der Waals surface area (Å²) in [6.45, 7) is 4.65. The van der Waals surface area contributed by atoms with Gasteiger partial charge in [-0.3, -0.25) is 0 Å². The molecule has 0 bridgehead atoms. The van der Waals surface area contributed by atoms with Gasteiger partial charge in [0.05, 0.1) is 0 Å². The Kier molecular flexibility index (Phi) is 4.41. The molecule has 100 valence electrons. The summed E-state index contributed by atoms with van der Waals surface area (Å²) in [7, 11) is 4.35. The van der Waals surface area contributed by atoms with Crippen LogP contribution in [0.2, 0.25) is 0 Å². The van der Waals surface area contributed by atoms with E-state index >= 15 is 0 Å². The minimum atomic E-state index is 0.356. The van der Waals surface area contributed by atoms with Gasteiger partial charge in [-0.05, 0) is 70.9 Å². The van der Waals surface area contributed by atoms with Crippen LogP contribution in [0.4, 0.5) is 0 Å². The van der Waals surface area contributed by atoms with E-state index in [0.29, 0.717) is 5.54 Å². The number of likely N-dealkylation sites (tertiary alicyclic amines) is 1. The maximum atomic E-state index is 3.60. The second-order valence-corrected chi connectivity index (χ2v) is 5.76. The molecule has 1 aromatic carbocycles. The SMILES string of the molecule is CNC1(CCc2ccccc2C)CCN(C)CC1. The van der Waals surface area contributed by atoms with Crippen molar-refractivity contribution in [3.05, 3.63) is 35.4 Å². The summed E-state index contributed by atoms with van der Waals surface area (Å²) in [5.41, 5.74) is 3.29. The van der Waals surface area contributed by atoms with Crippen molar-refractivity contribution in [2.45, 2.75) is 38.1 Å². The lowest BCUT2D eigenvalue weighted by atomic mass is 9.82. The molecule has 0 unspecified atom stereocenters. The molecular weight excluding hydrogens is 220 g/mol. The van der Waals surface area contributed by atoms with Crippen molar-refractivity contribution in [1.82, 2.24) is 10.2 Å². The first kappa shape index (κ1) is 13.6. The minimum absolute atomic E-state index is 0.356. The van der Waals surface area contributed by atoms with E-state index in [4.69, 9.17) is 0 Å². The summed E-state index contributed by atoms with van der Waals surface area (Å²) in [6.07, 6.45) is 4.98. The van der Waals surface area contributed by atoms with Crippen molar-refractivity contribution in [3.8, 4) is 0 Å². The lowest BCUT2D eigenvalue weighted by Gasteiger charge is -2.41. The highest BCUT2D eigenvalue weighted by Crippen LogP contribution is 2.27. The third kappa shape index (κ3) is 3.12. The summed E-state index contributed by atoms with van der Waals surface area (Å²) >= 11 is 0. The van der Waals surface area contributed by atoms with Crippen molar-refractivity contribution in [2.24, 2.45) is 0 Å². The fourth-order valence-corrected chi connectivity index (χ4v) is 2.94. The van der Waals surface area contributed by atoms with Crippen LogP contribution < -0.4 is 5.32 Å². The van der Waals surface area contributed by atoms with Gasteiger partial charge in [0.2, 0.25) is 0 Å². The summed E-state index contributed by atoms with van der Waals surface area (Å²) < 4.78 is 0. The smallest absolute Gasteiger partial charge is 0.0206 e. The Bertz CT molecular complexity index is 378. The monoisotopic (exact) mass is 246 g/mol. The van der Waals surface area contributed by atoms with E-state index in [-0.39, 0.29) is 0 Å². The van der Waals surface area contributed by atoms with Crippen LogP contribution >= 0.6 is 0 Å². The van der Waals surface area contributed by atoms with E-state index in [2.05, 4.69) is 55.5 Å². The van der Waals surface area contributed by atoms with Crippen LogP contribution in [0, 0.1) is 6.92 Å². The lowest BCUT2D eigenvalue weighted by Crippen LogP contribution is -2.51. The highest BCUT2D eigenvalue weighted by molar-refractivity contribution is 5.25. The van der Waals surface area contributed by atoms with Crippen LogP contribution in [0.3, 0.4) is 0 Å². The standard InChI is InChI=1S/C16H26N2/c1-14-6-4-5-7-15(14)8-9-16(17-2)10-12-18(3)13-11-16/h4-7,17H,8-13H2,1-3H3. The maximum Gasteiger partial charge on any atom is 0.0206 e. The van der Waals surface area contributed by atoms with Crippen LogP contribution in [0.25, 0.3) is 0 Å². The van der Waals surface area contributed by atoms with Gasteiger partial charge in [-0.15, -0.1) is 0 Å². The van der Waals surface area contributed by atoms with Crippen LogP contribution in [-0.2, 0) is 6.42 Å². The Morgan fingerprint density at radius 3 is 2.50 bits per heavy atom. The molecule has 1 aliphatic heterocycles. The number of aryl methyl sites for hydroxylation is 2. The van der Waals surface area contributed by atoms with Gasteiger partial charge >= 0.3 is 0 Å². The normalized spacial score (nSPS) is 19.9. The van der Waals surface area contributed by atoms with Crippen LogP contribution in [0.15, 0.2) is 24.3 Å². The fraction of sp³-hybridized carbons (Fsp3) is 0.625. The summed E-state index contributed by atoms with van der Waals surface area (Å²) in [5.74, 6) is 0. The minimum Gasteiger partial charge on any atom is -0.314 e. The molecule has 2 rings (SSSR count). The average molecular weight is 246 g/mol. The largest absolute Gasteiger partial charge is 0.314 e. The number of rotatable bonds is 4. The molecular formula is C16H26N2. The van der Waals surface area contributed by atoms with Gasteiger partial charge in [-0.1, -0.05) is 24.3 Å². The van der Waals surface area contributed by atoms with Gasteiger partial charge in [-0.25, -0.2) is 0 Å². The molecule has 0 spiro atoms. The molecule has 1 N–H and O–H groups in total. The van der Waals surface area contributed by atoms with Gasteiger partial charge in [0.15, 0.2) is 0 Å². The second-order valence-electron chi connectivity index (χ2n) is 5.76. The van der Waals surface area contributed by atoms with Gasteiger partial charge in [-0.2, -0.15) is 0 Å². The van der Waals surface area contributed by atoms with Gasteiger partial charge in [0, 0.05) is 5.54 Å². The molecule has 2 heteroatoms. The zero-order valence-electron chi connectivity index (χ0n) is 12.0. The predicted octanol–water partition coefficient (Wildman–Crippen LogP) is 2.61. The maximum absolute atomic E-state index is 3.60. The highest BCUT2D eigenvalue weighted by atomic mass is 15.1.